The quantitative estimate of drug-likeness (QED) is 0.762. The summed E-state index contributed by atoms with van der Waals surface area (Å²) in [6.07, 6.45) is -4.67. The maximum atomic E-state index is 12.4. The van der Waals surface area contributed by atoms with Crippen LogP contribution in [0.4, 0.5) is 13.2 Å². The summed E-state index contributed by atoms with van der Waals surface area (Å²) in [4.78, 5) is 11.6. The molecule has 94 valence electrons. The molecule has 5 heteroatoms. The first-order valence-electron chi connectivity index (χ1n) is 5.08. The van der Waals surface area contributed by atoms with E-state index in [0.29, 0.717) is 0 Å². The number of Topliss-reactive ketones (excluding diaryl/α,β-unsaturated/α-hetero) is 1. The van der Waals surface area contributed by atoms with Crippen molar-refractivity contribution in [1.29, 1.82) is 0 Å². The van der Waals surface area contributed by atoms with Gasteiger partial charge in [0.05, 0.1) is 11.7 Å². The molecular weight excluding hydrogens is 233 g/mol. The number of hydrogen-bond donors (Lipinski definition) is 0. The molecule has 0 aliphatic heterocycles. The molecule has 1 rings (SSSR count). The maximum absolute atomic E-state index is 12.4. The van der Waals surface area contributed by atoms with Crippen molar-refractivity contribution in [1.82, 2.24) is 0 Å². The molecular formula is C12H13F3O2. The second kappa shape index (κ2) is 5.31. The smallest absolute Gasteiger partial charge is 0.381 e. The molecule has 0 bridgehead atoms. The van der Waals surface area contributed by atoms with E-state index >= 15 is 0 Å². The molecule has 1 aromatic carbocycles. The summed E-state index contributed by atoms with van der Waals surface area (Å²) in [6, 6.07) is 4.41. The lowest BCUT2D eigenvalue weighted by molar-refractivity contribution is -0.137. The Morgan fingerprint density at radius 1 is 1.41 bits per heavy atom. The molecule has 1 atom stereocenters. The number of benzene rings is 1. The molecule has 0 radical (unpaired) electrons. The monoisotopic (exact) mass is 246 g/mol. The zero-order valence-corrected chi connectivity index (χ0v) is 9.54. The average molecular weight is 246 g/mol. The minimum atomic E-state index is -4.43. The van der Waals surface area contributed by atoms with Crippen LogP contribution in [0, 0.1) is 0 Å². The fourth-order valence-electron chi connectivity index (χ4n) is 1.33. The molecule has 0 aromatic heterocycles. The number of hydrogen-bond acceptors (Lipinski definition) is 2. The highest BCUT2D eigenvalue weighted by atomic mass is 19.4. The van der Waals surface area contributed by atoms with Crippen molar-refractivity contribution in [3.63, 3.8) is 0 Å². The van der Waals surface area contributed by atoms with Crippen molar-refractivity contribution in [2.45, 2.75) is 25.6 Å². The number of halogens is 3. The van der Waals surface area contributed by atoms with Crippen molar-refractivity contribution < 1.29 is 22.7 Å². The minimum absolute atomic E-state index is 0.0590. The average Bonchev–Trinajstić information content (AvgIpc) is 2.28. The van der Waals surface area contributed by atoms with Gasteiger partial charge in [0.1, 0.15) is 0 Å². The largest absolute Gasteiger partial charge is 0.416 e. The fraction of sp³-hybridized carbons (Fsp3) is 0.417. The van der Waals surface area contributed by atoms with Crippen LogP contribution in [0.25, 0.3) is 0 Å². The zero-order valence-electron chi connectivity index (χ0n) is 9.54. The Labute approximate surface area is 97.4 Å². The SMILES string of the molecule is COC(C)CC(=O)c1cccc(C(F)(F)F)c1. The molecule has 0 amide bonds. The molecule has 1 aromatic rings. The number of ether oxygens (including phenoxy) is 1. The zero-order chi connectivity index (χ0) is 13.1. The van der Waals surface area contributed by atoms with E-state index in [4.69, 9.17) is 4.74 Å². The van der Waals surface area contributed by atoms with E-state index in [1.165, 1.54) is 19.2 Å². The number of carbonyl (C=O) groups excluding carboxylic acids is 1. The van der Waals surface area contributed by atoms with E-state index < -0.39 is 11.7 Å². The van der Waals surface area contributed by atoms with Gasteiger partial charge >= 0.3 is 6.18 Å². The van der Waals surface area contributed by atoms with Gasteiger partial charge in [0.15, 0.2) is 5.78 Å². The van der Waals surface area contributed by atoms with Gasteiger partial charge in [0.2, 0.25) is 0 Å². The first-order chi connectivity index (χ1) is 7.84. The van der Waals surface area contributed by atoms with Gasteiger partial charge in [-0.15, -0.1) is 0 Å². The van der Waals surface area contributed by atoms with E-state index in [9.17, 15) is 18.0 Å². The molecule has 1 unspecified atom stereocenters. The molecule has 0 aliphatic carbocycles. The van der Waals surface area contributed by atoms with E-state index in [2.05, 4.69) is 0 Å². The second-order valence-corrected chi connectivity index (χ2v) is 3.75. The molecule has 0 saturated carbocycles. The van der Waals surface area contributed by atoms with Crippen molar-refractivity contribution in [2.75, 3.05) is 7.11 Å². The third-order valence-corrected chi connectivity index (χ3v) is 2.39. The Hall–Kier alpha value is -1.36. The van der Waals surface area contributed by atoms with E-state index in [1.54, 1.807) is 6.92 Å². The summed E-state index contributed by atoms with van der Waals surface area (Å²) in [5, 5.41) is 0. The van der Waals surface area contributed by atoms with Gasteiger partial charge in [-0.2, -0.15) is 13.2 Å². The predicted octanol–water partition coefficient (Wildman–Crippen LogP) is 3.31. The Bertz CT molecular complexity index is 399. The predicted molar refractivity (Wildman–Crippen MR) is 56.9 cm³/mol. The summed E-state index contributed by atoms with van der Waals surface area (Å²) in [5.74, 6) is -0.356. The number of rotatable bonds is 4. The summed E-state index contributed by atoms with van der Waals surface area (Å²) in [6.45, 7) is 1.69. The molecule has 0 N–H and O–H groups in total. The summed E-state index contributed by atoms with van der Waals surface area (Å²) >= 11 is 0. The number of methoxy groups -OCH3 is 1. The molecule has 17 heavy (non-hydrogen) atoms. The summed E-state index contributed by atoms with van der Waals surface area (Å²) in [5.41, 5.74) is -0.753. The Balaban J connectivity index is 2.89. The summed E-state index contributed by atoms with van der Waals surface area (Å²) in [7, 11) is 1.45. The Morgan fingerprint density at radius 2 is 2.06 bits per heavy atom. The molecule has 0 saturated heterocycles. The number of carbonyl (C=O) groups is 1. The van der Waals surface area contributed by atoms with Gasteiger partial charge in [0.25, 0.3) is 0 Å². The Kier molecular flexibility index (Phi) is 4.28. The van der Waals surface area contributed by atoms with Gasteiger partial charge in [-0.05, 0) is 19.1 Å². The second-order valence-electron chi connectivity index (χ2n) is 3.75. The van der Waals surface area contributed by atoms with Crippen LogP contribution in [0.2, 0.25) is 0 Å². The first kappa shape index (κ1) is 13.7. The number of alkyl halides is 3. The van der Waals surface area contributed by atoms with Crippen LogP contribution in [-0.2, 0) is 10.9 Å². The van der Waals surface area contributed by atoms with Gasteiger partial charge in [-0.3, -0.25) is 4.79 Å². The van der Waals surface area contributed by atoms with Crippen LogP contribution < -0.4 is 0 Å². The lowest BCUT2D eigenvalue weighted by Crippen LogP contribution is -2.13. The van der Waals surface area contributed by atoms with Crippen LogP contribution in [0.3, 0.4) is 0 Å². The van der Waals surface area contributed by atoms with Crippen molar-refractivity contribution >= 4 is 5.78 Å². The molecule has 0 spiro atoms. The van der Waals surface area contributed by atoms with Crippen molar-refractivity contribution in [3.8, 4) is 0 Å². The van der Waals surface area contributed by atoms with Gasteiger partial charge in [-0.1, -0.05) is 12.1 Å². The van der Waals surface area contributed by atoms with Crippen LogP contribution in [-0.4, -0.2) is 19.0 Å². The lowest BCUT2D eigenvalue weighted by atomic mass is 10.0. The van der Waals surface area contributed by atoms with Crippen LogP contribution >= 0.6 is 0 Å². The molecule has 0 heterocycles. The van der Waals surface area contributed by atoms with Gasteiger partial charge < -0.3 is 4.74 Å². The fourth-order valence-corrected chi connectivity index (χ4v) is 1.33. The van der Waals surface area contributed by atoms with E-state index in [-0.39, 0.29) is 23.9 Å². The van der Waals surface area contributed by atoms with Gasteiger partial charge in [-0.25, -0.2) is 0 Å². The van der Waals surface area contributed by atoms with Crippen LogP contribution in [0.5, 0.6) is 0 Å². The standard InChI is InChI=1S/C12H13F3O2/c1-8(17-2)6-11(16)9-4-3-5-10(7-9)12(13,14)15/h3-5,7-8H,6H2,1-2H3. The molecule has 0 fully saturated rings. The van der Waals surface area contributed by atoms with Crippen molar-refractivity contribution in [2.24, 2.45) is 0 Å². The van der Waals surface area contributed by atoms with E-state index in [0.717, 1.165) is 12.1 Å². The van der Waals surface area contributed by atoms with Crippen molar-refractivity contribution in [3.05, 3.63) is 35.4 Å². The van der Waals surface area contributed by atoms with Gasteiger partial charge in [0, 0.05) is 19.1 Å². The van der Waals surface area contributed by atoms with E-state index in [1.807, 2.05) is 0 Å². The highest BCUT2D eigenvalue weighted by Gasteiger charge is 2.30. The third kappa shape index (κ3) is 3.85. The minimum Gasteiger partial charge on any atom is -0.381 e. The molecule has 2 nitrogen and oxygen atoms in total. The first-order valence-corrected chi connectivity index (χ1v) is 5.08. The topological polar surface area (TPSA) is 26.3 Å². The third-order valence-electron chi connectivity index (χ3n) is 2.39. The Morgan fingerprint density at radius 3 is 2.59 bits per heavy atom. The van der Waals surface area contributed by atoms with Crippen LogP contribution in [0.1, 0.15) is 29.3 Å². The normalized spacial score (nSPS) is 13.5. The number of ketones is 1. The lowest BCUT2D eigenvalue weighted by Gasteiger charge is -2.10. The highest BCUT2D eigenvalue weighted by Crippen LogP contribution is 2.29. The maximum Gasteiger partial charge on any atom is 0.416 e. The molecule has 0 aliphatic rings. The highest BCUT2D eigenvalue weighted by molar-refractivity contribution is 5.96. The summed E-state index contributed by atoms with van der Waals surface area (Å²) < 4.78 is 42.2. The van der Waals surface area contributed by atoms with Crippen LogP contribution in [0.15, 0.2) is 24.3 Å².